The van der Waals surface area contributed by atoms with Gasteiger partial charge in [-0.2, -0.15) is 0 Å². The highest BCUT2D eigenvalue weighted by atomic mass is 16.5. The highest BCUT2D eigenvalue weighted by Gasteiger charge is 2.20. The number of aromatic nitrogens is 1. The molecule has 2 atom stereocenters. The summed E-state index contributed by atoms with van der Waals surface area (Å²) < 4.78 is 23.8. The smallest absolute Gasteiger partial charge is 0.338 e. The van der Waals surface area contributed by atoms with Crippen LogP contribution in [0.25, 0.3) is 0 Å². The zero-order chi connectivity index (χ0) is 22.4. The molecule has 3 rings (SSSR count). The first-order valence-corrected chi connectivity index (χ1v) is 10.6. The molecule has 1 saturated heterocycles. The molecule has 0 N–H and O–H groups in total. The number of ether oxygens (including phenoxy) is 4. The molecule has 7 nitrogen and oxygen atoms in total. The molecule has 1 aliphatic rings. The van der Waals surface area contributed by atoms with Gasteiger partial charge >= 0.3 is 5.97 Å². The molecule has 0 radical (unpaired) electrons. The Balaban J connectivity index is 1.54. The second-order valence-corrected chi connectivity index (χ2v) is 7.93. The maximum absolute atomic E-state index is 12.7. The van der Waals surface area contributed by atoms with E-state index in [2.05, 4.69) is 4.57 Å². The lowest BCUT2D eigenvalue weighted by Crippen LogP contribution is -2.17. The summed E-state index contributed by atoms with van der Waals surface area (Å²) in [6.07, 6.45) is 2.20. The van der Waals surface area contributed by atoms with Crippen LogP contribution in [-0.4, -0.2) is 56.0 Å². The maximum atomic E-state index is 12.7. The largest absolute Gasteiger partial charge is 0.491 e. The van der Waals surface area contributed by atoms with E-state index in [1.807, 2.05) is 26.8 Å². The van der Waals surface area contributed by atoms with Crippen LogP contribution < -0.4 is 4.74 Å². The molecule has 1 fully saturated rings. The van der Waals surface area contributed by atoms with E-state index in [0.717, 1.165) is 30.8 Å². The number of benzene rings is 1. The molecule has 31 heavy (non-hydrogen) atoms. The lowest BCUT2D eigenvalue weighted by atomic mass is 10.1. The van der Waals surface area contributed by atoms with Crippen LogP contribution in [-0.2, 0) is 14.2 Å². The molecule has 2 heterocycles. The van der Waals surface area contributed by atoms with Crippen molar-refractivity contribution in [2.24, 2.45) is 0 Å². The van der Waals surface area contributed by atoms with Crippen molar-refractivity contribution in [2.75, 3.05) is 33.5 Å². The predicted molar refractivity (Wildman–Crippen MR) is 116 cm³/mol. The Hall–Kier alpha value is -2.64. The van der Waals surface area contributed by atoms with Crippen molar-refractivity contribution in [3.05, 3.63) is 52.8 Å². The van der Waals surface area contributed by atoms with Crippen molar-refractivity contribution >= 4 is 11.8 Å². The Morgan fingerprint density at radius 2 is 1.97 bits per heavy atom. The zero-order valence-corrected chi connectivity index (χ0v) is 18.7. The van der Waals surface area contributed by atoms with Crippen LogP contribution in [0.2, 0.25) is 0 Å². The predicted octanol–water partition coefficient (Wildman–Crippen LogP) is 3.91. The molecule has 1 aliphatic heterocycles. The summed E-state index contributed by atoms with van der Waals surface area (Å²) in [7, 11) is 1.65. The minimum absolute atomic E-state index is 0.107. The summed E-state index contributed by atoms with van der Waals surface area (Å²) in [5, 5.41) is 0. The molecule has 1 aromatic heterocycles. The average Bonchev–Trinajstić information content (AvgIpc) is 3.38. The first-order chi connectivity index (χ1) is 14.9. The number of ketones is 1. The normalized spacial score (nSPS) is 16.8. The molecule has 0 saturated carbocycles. The number of rotatable bonds is 10. The summed E-state index contributed by atoms with van der Waals surface area (Å²) in [5.41, 5.74) is 2.74. The molecule has 0 bridgehead atoms. The standard InChI is InChI=1S/C24H31NO6/c1-16-12-22(18(3)25(16)17(2)13-28-4)23(26)15-31-24(27)19-7-9-20(10-8-19)30-14-21-6-5-11-29-21/h7-10,12,17,21H,5-6,11,13-15H2,1-4H3/t17-,21-/m0/s1. The molecule has 0 unspecified atom stereocenters. The summed E-state index contributed by atoms with van der Waals surface area (Å²) in [5.74, 6) is -0.102. The third-order valence-corrected chi connectivity index (χ3v) is 5.52. The van der Waals surface area contributed by atoms with Crippen molar-refractivity contribution in [1.82, 2.24) is 4.57 Å². The van der Waals surface area contributed by atoms with Gasteiger partial charge < -0.3 is 23.5 Å². The van der Waals surface area contributed by atoms with Crippen molar-refractivity contribution in [3.8, 4) is 5.75 Å². The van der Waals surface area contributed by atoms with Crippen molar-refractivity contribution in [2.45, 2.75) is 45.8 Å². The number of carbonyl (C=O) groups excluding carboxylic acids is 2. The lowest BCUT2D eigenvalue weighted by Gasteiger charge is -2.17. The van der Waals surface area contributed by atoms with Gasteiger partial charge in [0.2, 0.25) is 5.78 Å². The quantitative estimate of drug-likeness (QED) is 0.421. The van der Waals surface area contributed by atoms with Gasteiger partial charge in [0.15, 0.2) is 6.61 Å². The molecule has 0 aliphatic carbocycles. The Bertz CT molecular complexity index is 896. The molecule has 1 aromatic carbocycles. The van der Waals surface area contributed by atoms with E-state index >= 15 is 0 Å². The van der Waals surface area contributed by atoms with Crippen LogP contribution in [0.1, 0.15) is 57.9 Å². The van der Waals surface area contributed by atoms with Gasteiger partial charge in [-0.15, -0.1) is 0 Å². The van der Waals surface area contributed by atoms with Gasteiger partial charge in [0.05, 0.1) is 24.3 Å². The molecular formula is C24H31NO6. The Labute approximate surface area is 183 Å². The molecule has 0 spiro atoms. The fraction of sp³-hybridized carbons (Fsp3) is 0.500. The minimum atomic E-state index is -0.541. The maximum Gasteiger partial charge on any atom is 0.338 e. The molecule has 2 aromatic rings. The van der Waals surface area contributed by atoms with Gasteiger partial charge in [0, 0.05) is 30.7 Å². The first-order valence-electron chi connectivity index (χ1n) is 10.6. The number of hydrogen-bond acceptors (Lipinski definition) is 6. The number of Topliss-reactive ketones (excluding diaryl/α,β-unsaturated/α-hetero) is 1. The second-order valence-electron chi connectivity index (χ2n) is 7.93. The van der Waals surface area contributed by atoms with Crippen LogP contribution in [0.15, 0.2) is 30.3 Å². The third-order valence-electron chi connectivity index (χ3n) is 5.52. The number of methoxy groups -OCH3 is 1. The first kappa shape index (κ1) is 23.0. The molecule has 168 valence electrons. The Morgan fingerprint density at radius 1 is 1.23 bits per heavy atom. The van der Waals surface area contributed by atoms with E-state index in [9.17, 15) is 9.59 Å². The average molecular weight is 430 g/mol. The van der Waals surface area contributed by atoms with Crippen molar-refractivity contribution < 1.29 is 28.5 Å². The number of hydrogen-bond donors (Lipinski definition) is 0. The van der Waals surface area contributed by atoms with E-state index in [-0.39, 0.29) is 24.5 Å². The Morgan fingerprint density at radius 3 is 2.61 bits per heavy atom. The monoisotopic (exact) mass is 429 g/mol. The summed E-state index contributed by atoms with van der Waals surface area (Å²) in [4.78, 5) is 25.0. The van der Waals surface area contributed by atoms with Gasteiger partial charge in [-0.25, -0.2) is 4.79 Å². The highest BCUT2D eigenvalue weighted by Crippen LogP contribution is 2.22. The summed E-state index contributed by atoms with van der Waals surface area (Å²) in [6, 6.07) is 8.65. The van der Waals surface area contributed by atoms with Gasteiger partial charge in [0.25, 0.3) is 0 Å². The van der Waals surface area contributed by atoms with E-state index in [0.29, 0.717) is 30.1 Å². The molecule has 0 amide bonds. The van der Waals surface area contributed by atoms with Crippen LogP contribution in [0.5, 0.6) is 5.75 Å². The van der Waals surface area contributed by atoms with E-state index in [4.69, 9.17) is 18.9 Å². The number of carbonyl (C=O) groups is 2. The fourth-order valence-electron chi connectivity index (χ4n) is 4.00. The minimum Gasteiger partial charge on any atom is -0.491 e. The van der Waals surface area contributed by atoms with Crippen molar-refractivity contribution in [3.63, 3.8) is 0 Å². The number of esters is 1. The number of nitrogens with zero attached hydrogens (tertiary/aromatic N) is 1. The number of aryl methyl sites for hydroxylation is 1. The summed E-state index contributed by atoms with van der Waals surface area (Å²) >= 11 is 0. The lowest BCUT2D eigenvalue weighted by molar-refractivity contribution is 0.0474. The Kier molecular flexibility index (Phi) is 7.87. The van der Waals surface area contributed by atoms with Gasteiger partial charge in [-0.05, 0) is 63.9 Å². The molecular weight excluding hydrogens is 398 g/mol. The van der Waals surface area contributed by atoms with Crippen LogP contribution >= 0.6 is 0 Å². The van der Waals surface area contributed by atoms with Gasteiger partial charge in [-0.3, -0.25) is 4.79 Å². The van der Waals surface area contributed by atoms with Crippen LogP contribution in [0, 0.1) is 13.8 Å². The summed E-state index contributed by atoms with van der Waals surface area (Å²) in [6.45, 7) is 7.40. The van der Waals surface area contributed by atoms with Crippen LogP contribution in [0.4, 0.5) is 0 Å². The molecule has 7 heteroatoms. The van der Waals surface area contributed by atoms with E-state index in [1.54, 1.807) is 31.4 Å². The second kappa shape index (κ2) is 10.6. The van der Waals surface area contributed by atoms with Crippen LogP contribution in [0.3, 0.4) is 0 Å². The highest BCUT2D eigenvalue weighted by molar-refractivity contribution is 6.00. The third kappa shape index (κ3) is 5.74. The SMILES string of the molecule is COC[C@H](C)n1c(C)cc(C(=O)COC(=O)c2ccc(OC[C@@H]3CCCO3)cc2)c1C. The topological polar surface area (TPSA) is 76.0 Å². The fourth-order valence-corrected chi connectivity index (χ4v) is 4.00. The zero-order valence-electron chi connectivity index (χ0n) is 18.7. The van der Waals surface area contributed by atoms with Gasteiger partial charge in [0.1, 0.15) is 12.4 Å². The van der Waals surface area contributed by atoms with Gasteiger partial charge in [-0.1, -0.05) is 0 Å². The van der Waals surface area contributed by atoms with Crippen molar-refractivity contribution in [1.29, 1.82) is 0 Å². The van der Waals surface area contributed by atoms with E-state index in [1.165, 1.54) is 0 Å². The van der Waals surface area contributed by atoms with E-state index < -0.39 is 5.97 Å².